The third kappa shape index (κ3) is 3.36. The van der Waals surface area contributed by atoms with Gasteiger partial charge in [-0.25, -0.2) is 5.10 Å². The standard InChI is InChI=1S/C15H28N2O2Si2/c1-12(18)15-13(8-6-9-14(15)19)16-17-20(2,3)10-7-11-21(17,4)5/h15H,6-11H2,1-5H3. The van der Waals surface area contributed by atoms with Crippen molar-refractivity contribution in [2.24, 2.45) is 11.0 Å². The third-order valence-electron chi connectivity index (χ3n) is 4.87. The number of hydrogen-bond donors (Lipinski definition) is 0. The minimum atomic E-state index is -1.54. The van der Waals surface area contributed by atoms with Crippen LogP contribution < -0.4 is 0 Å². The molecule has 1 aliphatic carbocycles. The zero-order valence-corrected chi connectivity index (χ0v) is 16.0. The largest absolute Gasteiger partial charge is 0.349 e. The Morgan fingerprint density at radius 2 is 1.67 bits per heavy atom. The Hall–Kier alpha value is -0.756. The summed E-state index contributed by atoms with van der Waals surface area (Å²) in [6, 6.07) is 2.53. The molecular weight excluding hydrogens is 296 g/mol. The number of Topliss-reactive ketones (excluding diaryl/α,β-unsaturated/α-hetero) is 2. The number of carbonyl (C=O) groups excluding carboxylic acids is 2. The molecule has 118 valence electrons. The van der Waals surface area contributed by atoms with E-state index in [1.807, 2.05) is 0 Å². The fourth-order valence-corrected chi connectivity index (χ4v) is 14.8. The fourth-order valence-electron chi connectivity index (χ4n) is 3.87. The molecule has 1 heterocycles. The lowest BCUT2D eigenvalue weighted by Gasteiger charge is -2.49. The summed E-state index contributed by atoms with van der Waals surface area (Å²) in [5.41, 5.74) is 0.849. The Morgan fingerprint density at radius 1 is 1.10 bits per heavy atom. The molecule has 21 heavy (non-hydrogen) atoms. The highest BCUT2D eigenvalue weighted by Gasteiger charge is 2.45. The van der Waals surface area contributed by atoms with E-state index in [1.165, 1.54) is 25.4 Å². The Kier molecular flexibility index (Phi) is 4.58. The molecule has 2 rings (SSSR count). The second-order valence-electron chi connectivity index (χ2n) is 7.75. The van der Waals surface area contributed by atoms with Gasteiger partial charge < -0.3 is 4.34 Å². The molecule has 0 amide bonds. The Morgan fingerprint density at radius 3 is 2.19 bits per heavy atom. The van der Waals surface area contributed by atoms with Crippen LogP contribution >= 0.6 is 0 Å². The van der Waals surface area contributed by atoms with Gasteiger partial charge in [0.1, 0.15) is 17.5 Å². The van der Waals surface area contributed by atoms with E-state index in [0.29, 0.717) is 6.42 Å². The van der Waals surface area contributed by atoms with Gasteiger partial charge in [0, 0.05) is 6.42 Å². The number of hydrogen-bond acceptors (Lipinski definition) is 4. The summed E-state index contributed by atoms with van der Waals surface area (Å²) in [6.45, 7) is 11.0. The lowest BCUT2D eigenvalue weighted by Crippen LogP contribution is -2.62. The van der Waals surface area contributed by atoms with Crippen LogP contribution in [0.2, 0.25) is 38.3 Å². The summed E-state index contributed by atoms with van der Waals surface area (Å²) in [5, 5.41) is 4.99. The van der Waals surface area contributed by atoms with Crippen molar-refractivity contribution < 1.29 is 9.59 Å². The third-order valence-corrected chi connectivity index (χ3v) is 14.1. The van der Waals surface area contributed by atoms with Crippen LogP contribution in [-0.2, 0) is 9.59 Å². The first-order chi connectivity index (χ1) is 9.65. The number of carbonyl (C=O) groups is 2. The smallest absolute Gasteiger partial charge is 0.161 e. The van der Waals surface area contributed by atoms with Crippen molar-refractivity contribution in [2.75, 3.05) is 0 Å². The summed E-state index contributed by atoms with van der Waals surface area (Å²) in [7, 11) is -3.08. The predicted octanol–water partition coefficient (Wildman–Crippen LogP) is 3.42. The first-order valence-electron chi connectivity index (χ1n) is 8.06. The number of hydrazone groups is 1. The average Bonchev–Trinajstić information content (AvgIpc) is 2.33. The first-order valence-corrected chi connectivity index (χ1v) is 14.4. The average molecular weight is 325 g/mol. The van der Waals surface area contributed by atoms with Crippen LogP contribution in [0.3, 0.4) is 0 Å². The molecule has 4 nitrogen and oxygen atoms in total. The van der Waals surface area contributed by atoms with Gasteiger partial charge in [-0.15, -0.1) is 0 Å². The summed E-state index contributed by atoms with van der Waals surface area (Å²) in [5.74, 6) is -0.520. The van der Waals surface area contributed by atoms with Gasteiger partial charge in [0.15, 0.2) is 16.5 Å². The van der Waals surface area contributed by atoms with E-state index < -0.39 is 22.4 Å². The molecular formula is C15H28N2O2Si2. The van der Waals surface area contributed by atoms with Crippen LogP contribution in [0, 0.1) is 5.92 Å². The van der Waals surface area contributed by atoms with Gasteiger partial charge in [-0.05, 0) is 31.9 Å². The molecule has 0 aromatic carbocycles. The number of rotatable bonds is 2. The molecule has 1 atom stereocenters. The molecule has 1 aliphatic heterocycles. The lowest BCUT2D eigenvalue weighted by atomic mass is 9.84. The molecule has 0 spiro atoms. The summed E-state index contributed by atoms with van der Waals surface area (Å²) >= 11 is 0. The van der Waals surface area contributed by atoms with Gasteiger partial charge in [-0.3, -0.25) is 9.59 Å². The molecule has 0 radical (unpaired) electrons. The highest BCUT2D eigenvalue weighted by molar-refractivity contribution is 6.91. The topological polar surface area (TPSA) is 49.7 Å². The second kappa shape index (κ2) is 5.80. The minimum absolute atomic E-state index is 0.0330. The molecule has 1 saturated carbocycles. The maximum atomic E-state index is 12.1. The lowest BCUT2D eigenvalue weighted by molar-refractivity contribution is -0.129. The van der Waals surface area contributed by atoms with E-state index in [9.17, 15) is 9.59 Å². The summed E-state index contributed by atoms with van der Waals surface area (Å²) in [4.78, 5) is 24.0. The molecule has 2 aliphatic rings. The Balaban J connectivity index is 2.38. The molecule has 2 fully saturated rings. The van der Waals surface area contributed by atoms with Crippen molar-refractivity contribution in [1.29, 1.82) is 0 Å². The quantitative estimate of drug-likeness (QED) is 0.577. The fraction of sp³-hybridized carbons (Fsp3) is 0.800. The van der Waals surface area contributed by atoms with Crippen LogP contribution in [0.4, 0.5) is 0 Å². The van der Waals surface area contributed by atoms with Crippen molar-refractivity contribution in [3.63, 3.8) is 0 Å². The summed E-state index contributed by atoms with van der Waals surface area (Å²) in [6.07, 6.45) is 3.50. The van der Waals surface area contributed by atoms with E-state index in [0.717, 1.165) is 18.6 Å². The molecule has 0 N–H and O–H groups in total. The van der Waals surface area contributed by atoms with Gasteiger partial charge in [0.2, 0.25) is 0 Å². The molecule has 0 aromatic heterocycles. The molecule has 0 bridgehead atoms. The highest BCUT2D eigenvalue weighted by atomic mass is 28.4. The predicted molar refractivity (Wildman–Crippen MR) is 91.5 cm³/mol. The number of ketones is 2. The van der Waals surface area contributed by atoms with Gasteiger partial charge >= 0.3 is 0 Å². The van der Waals surface area contributed by atoms with Crippen LogP contribution in [-0.4, -0.2) is 38.1 Å². The maximum Gasteiger partial charge on any atom is 0.161 e. The van der Waals surface area contributed by atoms with E-state index in [1.54, 1.807) is 0 Å². The monoisotopic (exact) mass is 324 g/mol. The second-order valence-corrected chi connectivity index (χ2v) is 17.3. The van der Waals surface area contributed by atoms with E-state index in [-0.39, 0.29) is 11.6 Å². The van der Waals surface area contributed by atoms with Crippen molar-refractivity contribution in [3.8, 4) is 0 Å². The molecule has 6 heteroatoms. The SMILES string of the molecule is CC(=O)C1C(=O)CCCC1=NN1[Si](C)(C)CCC[Si]1(C)C. The Labute approximate surface area is 130 Å². The van der Waals surface area contributed by atoms with E-state index in [2.05, 4.69) is 30.5 Å². The van der Waals surface area contributed by atoms with Crippen LogP contribution in [0.15, 0.2) is 5.10 Å². The van der Waals surface area contributed by atoms with Crippen molar-refractivity contribution >= 4 is 33.7 Å². The van der Waals surface area contributed by atoms with Crippen molar-refractivity contribution in [2.45, 2.75) is 70.9 Å². The van der Waals surface area contributed by atoms with Crippen molar-refractivity contribution in [1.82, 2.24) is 4.34 Å². The van der Waals surface area contributed by atoms with Crippen molar-refractivity contribution in [3.05, 3.63) is 0 Å². The number of nitrogens with zero attached hydrogens (tertiary/aromatic N) is 2. The Bertz CT molecular complexity index is 470. The van der Waals surface area contributed by atoms with E-state index >= 15 is 0 Å². The normalized spacial score (nSPS) is 30.5. The molecule has 0 aromatic rings. The zero-order chi connectivity index (χ0) is 15.8. The first kappa shape index (κ1) is 16.6. The van der Waals surface area contributed by atoms with Crippen LogP contribution in [0.5, 0.6) is 0 Å². The van der Waals surface area contributed by atoms with Gasteiger partial charge in [-0.2, -0.15) is 0 Å². The van der Waals surface area contributed by atoms with Gasteiger partial charge in [0.25, 0.3) is 0 Å². The molecule has 1 unspecified atom stereocenters. The van der Waals surface area contributed by atoms with E-state index in [4.69, 9.17) is 5.10 Å². The summed E-state index contributed by atoms with van der Waals surface area (Å²) < 4.78 is 2.44. The van der Waals surface area contributed by atoms with Gasteiger partial charge in [-0.1, -0.05) is 32.6 Å². The van der Waals surface area contributed by atoms with Crippen LogP contribution in [0.25, 0.3) is 0 Å². The highest BCUT2D eigenvalue weighted by Crippen LogP contribution is 2.36. The van der Waals surface area contributed by atoms with Gasteiger partial charge in [0.05, 0.1) is 5.71 Å². The maximum absolute atomic E-state index is 12.1. The van der Waals surface area contributed by atoms with Crippen LogP contribution in [0.1, 0.15) is 32.6 Å². The zero-order valence-electron chi connectivity index (χ0n) is 14.0. The minimum Gasteiger partial charge on any atom is -0.349 e. The molecule has 1 saturated heterocycles.